The summed E-state index contributed by atoms with van der Waals surface area (Å²) >= 11 is 0. The Morgan fingerprint density at radius 1 is 1.08 bits per heavy atom. The van der Waals surface area contributed by atoms with Crippen molar-refractivity contribution in [3.8, 4) is 11.5 Å². The van der Waals surface area contributed by atoms with Crippen LogP contribution in [0.25, 0.3) is 0 Å². The molecule has 0 aromatic heterocycles. The van der Waals surface area contributed by atoms with Crippen LogP contribution < -0.4 is 9.47 Å². The first kappa shape index (κ1) is 17.4. The second kappa shape index (κ2) is 6.29. The minimum Gasteiger partial charge on any atom is -0.497 e. The molecule has 0 aliphatic carbocycles. The summed E-state index contributed by atoms with van der Waals surface area (Å²) in [4.78, 5) is 0. The predicted octanol–water partition coefficient (Wildman–Crippen LogP) is 4.24. The molecular formula is C22H26O4. The van der Waals surface area contributed by atoms with Gasteiger partial charge in [-0.05, 0) is 55.3 Å². The minimum absolute atomic E-state index is 0.134. The normalized spacial score (nSPS) is 29.8. The quantitative estimate of drug-likeness (QED) is 0.823. The van der Waals surface area contributed by atoms with Crippen molar-refractivity contribution in [2.75, 3.05) is 14.2 Å². The first-order valence-corrected chi connectivity index (χ1v) is 9.14. The number of ether oxygens (including phenoxy) is 4. The molecule has 4 rings (SSSR count). The predicted molar refractivity (Wildman–Crippen MR) is 99.7 cm³/mol. The van der Waals surface area contributed by atoms with Gasteiger partial charge in [-0.15, -0.1) is 0 Å². The zero-order chi connectivity index (χ0) is 18.4. The van der Waals surface area contributed by atoms with E-state index >= 15 is 0 Å². The van der Waals surface area contributed by atoms with E-state index in [0.29, 0.717) is 0 Å². The molecule has 26 heavy (non-hydrogen) atoms. The van der Waals surface area contributed by atoms with Gasteiger partial charge in [-0.25, -0.2) is 0 Å². The third-order valence-electron chi connectivity index (χ3n) is 5.47. The standard InChI is InChI=1S/C22H26O4/c1-15-12-22(13-16-6-5-7-18(10-16)23-3)14-17-11-19(24-4)8-9-20(17)21(2,25-15)26-22/h5-11,15H,12-14H2,1-4H3/t15-,21+,22-/m1/s1. The van der Waals surface area contributed by atoms with Crippen molar-refractivity contribution < 1.29 is 18.9 Å². The Morgan fingerprint density at radius 3 is 2.62 bits per heavy atom. The Kier molecular flexibility index (Phi) is 4.20. The fourth-order valence-corrected chi connectivity index (χ4v) is 4.61. The van der Waals surface area contributed by atoms with Crippen LogP contribution in [0.2, 0.25) is 0 Å². The highest BCUT2D eigenvalue weighted by Gasteiger charge is 2.52. The third kappa shape index (κ3) is 2.97. The first-order valence-electron chi connectivity index (χ1n) is 9.14. The van der Waals surface area contributed by atoms with E-state index in [0.717, 1.165) is 36.3 Å². The van der Waals surface area contributed by atoms with E-state index in [1.807, 2.05) is 25.1 Å². The number of methoxy groups -OCH3 is 2. The zero-order valence-corrected chi connectivity index (χ0v) is 15.9. The molecule has 2 aromatic rings. The summed E-state index contributed by atoms with van der Waals surface area (Å²) in [6, 6.07) is 14.4. The van der Waals surface area contributed by atoms with Gasteiger partial charge in [0.2, 0.25) is 0 Å². The van der Waals surface area contributed by atoms with Crippen LogP contribution in [0.3, 0.4) is 0 Å². The Hall–Kier alpha value is -2.04. The third-order valence-corrected chi connectivity index (χ3v) is 5.47. The molecule has 2 aliphatic rings. The largest absolute Gasteiger partial charge is 0.497 e. The molecule has 2 aromatic carbocycles. The molecule has 1 fully saturated rings. The molecule has 2 aliphatic heterocycles. The van der Waals surface area contributed by atoms with Gasteiger partial charge in [-0.3, -0.25) is 0 Å². The lowest BCUT2D eigenvalue weighted by atomic mass is 9.76. The highest BCUT2D eigenvalue weighted by Crippen LogP contribution is 2.49. The zero-order valence-electron chi connectivity index (χ0n) is 15.9. The maximum absolute atomic E-state index is 6.64. The van der Waals surface area contributed by atoms with Crippen LogP contribution >= 0.6 is 0 Å². The van der Waals surface area contributed by atoms with E-state index in [9.17, 15) is 0 Å². The molecule has 4 heteroatoms. The van der Waals surface area contributed by atoms with Gasteiger partial charge >= 0.3 is 0 Å². The highest BCUT2D eigenvalue weighted by atomic mass is 16.7. The second-order valence-electron chi connectivity index (χ2n) is 7.59. The molecule has 0 N–H and O–H groups in total. The van der Waals surface area contributed by atoms with E-state index in [-0.39, 0.29) is 11.7 Å². The summed E-state index contributed by atoms with van der Waals surface area (Å²) in [5.41, 5.74) is 3.27. The molecule has 0 spiro atoms. The lowest BCUT2D eigenvalue weighted by molar-refractivity contribution is -0.355. The monoisotopic (exact) mass is 354 g/mol. The lowest BCUT2D eigenvalue weighted by Gasteiger charge is -2.53. The summed E-state index contributed by atoms with van der Waals surface area (Å²) < 4.78 is 23.7. The molecule has 0 radical (unpaired) electrons. The van der Waals surface area contributed by atoms with Crippen molar-refractivity contribution in [3.63, 3.8) is 0 Å². The molecule has 0 saturated carbocycles. The van der Waals surface area contributed by atoms with Crippen LogP contribution in [0.5, 0.6) is 11.5 Å². The van der Waals surface area contributed by atoms with E-state index in [4.69, 9.17) is 18.9 Å². The van der Waals surface area contributed by atoms with Gasteiger partial charge in [0.1, 0.15) is 11.5 Å². The van der Waals surface area contributed by atoms with Gasteiger partial charge < -0.3 is 18.9 Å². The minimum atomic E-state index is -0.726. The van der Waals surface area contributed by atoms with E-state index < -0.39 is 5.79 Å². The number of hydrogen-bond acceptors (Lipinski definition) is 4. The van der Waals surface area contributed by atoms with E-state index in [2.05, 4.69) is 31.2 Å². The Bertz CT molecular complexity index is 818. The Labute approximate surface area is 155 Å². The van der Waals surface area contributed by atoms with Gasteiger partial charge in [0.05, 0.1) is 25.9 Å². The molecule has 0 unspecified atom stereocenters. The number of benzene rings is 2. The van der Waals surface area contributed by atoms with Crippen LogP contribution in [0.15, 0.2) is 42.5 Å². The van der Waals surface area contributed by atoms with Crippen LogP contribution in [0.4, 0.5) is 0 Å². The van der Waals surface area contributed by atoms with Gasteiger partial charge in [-0.2, -0.15) is 0 Å². The van der Waals surface area contributed by atoms with Gasteiger partial charge in [-0.1, -0.05) is 12.1 Å². The second-order valence-corrected chi connectivity index (χ2v) is 7.59. The molecule has 2 heterocycles. The van der Waals surface area contributed by atoms with Gasteiger partial charge in [0.25, 0.3) is 0 Å². The molecule has 4 nitrogen and oxygen atoms in total. The lowest BCUT2D eigenvalue weighted by Crippen LogP contribution is -2.57. The summed E-state index contributed by atoms with van der Waals surface area (Å²) in [6.07, 6.45) is 2.66. The van der Waals surface area contributed by atoms with Crippen molar-refractivity contribution in [2.24, 2.45) is 0 Å². The van der Waals surface area contributed by atoms with Crippen molar-refractivity contribution >= 4 is 0 Å². The number of hydrogen-bond donors (Lipinski definition) is 0. The Morgan fingerprint density at radius 2 is 1.85 bits per heavy atom. The average Bonchev–Trinajstić information content (AvgIpc) is 2.59. The maximum Gasteiger partial charge on any atom is 0.193 e. The van der Waals surface area contributed by atoms with Crippen LogP contribution in [0.1, 0.15) is 37.0 Å². The van der Waals surface area contributed by atoms with Gasteiger partial charge in [0, 0.05) is 24.8 Å². The number of rotatable bonds is 4. The fourth-order valence-electron chi connectivity index (χ4n) is 4.61. The summed E-state index contributed by atoms with van der Waals surface area (Å²) in [6.45, 7) is 4.17. The molecule has 1 saturated heterocycles. The van der Waals surface area contributed by atoms with Crippen molar-refractivity contribution in [1.82, 2.24) is 0 Å². The maximum atomic E-state index is 6.64. The SMILES string of the molecule is COc1cccc(C[C@@]23Cc4cc(OC)ccc4[C@@](C)(O[C@H](C)C2)O3)c1. The van der Waals surface area contributed by atoms with Crippen LogP contribution in [-0.2, 0) is 28.1 Å². The topological polar surface area (TPSA) is 36.9 Å². The van der Waals surface area contributed by atoms with E-state index in [1.165, 1.54) is 11.1 Å². The van der Waals surface area contributed by atoms with Crippen LogP contribution in [0, 0.1) is 0 Å². The molecule has 2 bridgehead atoms. The summed E-state index contributed by atoms with van der Waals surface area (Å²) in [5, 5.41) is 0. The summed E-state index contributed by atoms with van der Waals surface area (Å²) in [7, 11) is 3.40. The highest BCUT2D eigenvalue weighted by molar-refractivity contribution is 5.42. The van der Waals surface area contributed by atoms with E-state index in [1.54, 1.807) is 14.2 Å². The smallest absolute Gasteiger partial charge is 0.193 e. The summed E-state index contributed by atoms with van der Waals surface area (Å²) in [5.74, 6) is 1.02. The molecule has 138 valence electrons. The molecular weight excluding hydrogens is 328 g/mol. The Balaban J connectivity index is 1.75. The fraction of sp³-hybridized carbons (Fsp3) is 0.455. The first-order chi connectivity index (χ1) is 12.5. The average molecular weight is 354 g/mol. The van der Waals surface area contributed by atoms with Crippen molar-refractivity contribution in [2.45, 2.75) is 50.6 Å². The van der Waals surface area contributed by atoms with Crippen molar-refractivity contribution in [1.29, 1.82) is 0 Å². The molecule has 0 amide bonds. The van der Waals surface area contributed by atoms with Gasteiger partial charge in [0.15, 0.2) is 5.79 Å². The van der Waals surface area contributed by atoms with Crippen LogP contribution in [-0.4, -0.2) is 25.9 Å². The van der Waals surface area contributed by atoms with Crippen molar-refractivity contribution in [3.05, 3.63) is 59.2 Å². The number of fused-ring (bicyclic) bond motifs is 4. The molecule has 3 atom stereocenters.